The van der Waals surface area contributed by atoms with Gasteiger partial charge in [-0.2, -0.15) is 5.10 Å². The van der Waals surface area contributed by atoms with Crippen molar-refractivity contribution < 1.29 is 4.79 Å². The first-order chi connectivity index (χ1) is 8.16. The number of hydrogen-bond donors (Lipinski definition) is 3. The van der Waals surface area contributed by atoms with Crippen molar-refractivity contribution in [2.45, 2.75) is 33.1 Å². The molecular weight excluding hydrogens is 216 g/mol. The summed E-state index contributed by atoms with van der Waals surface area (Å²) in [7, 11) is 0. The first kappa shape index (κ1) is 12.1. The van der Waals surface area contributed by atoms with E-state index in [0.29, 0.717) is 12.3 Å². The smallest absolute Gasteiger partial charge is 0.224 e. The molecule has 3 N–H and O–H groups in total. The predicted molar refractivity (Wildman–Crippen MR) is 66.9 cm³/mol. The zero-order valence-corrected chi connectivity index (χ0v) is 10.5. The van der Waals surface area contributed by atoms with Gasteiger partial charge in [-0.15, -0.1) is 0 Å². The highest BCUT2D eigenvalue weighted by Gasteiger charge is 2.16. The van der Waals surface area contributed by atoms with Crippen LogP contribution >= 0.6 is 0 Å². The van der Waals surface area contributed by atoms with Crippen LogP contribution in [0.2, 0.25) is 0 Å². The molecule has 1 aliphatic heterocycles. The van der Waals surface area contributed by atoms with Crippen molar-refractivity contribution >= 4 is 11.6 Å². The molecule has 1 amide bonds. The Balaban J connectivity index is 1.80. The van der Waals surface area contributed by atoms with Crippen molar-refractivity contribution in [3.63, 3.8) is 0 Å². The van der Waals surface area contributed by atoms with E-state index in [1.54, 1.807) is 0 Å². The molecule has 0 aliphatic carbocycles. The van der Waals surface area contributed by atoms with Crippen LogP contribution in [-0.2, 0) is 4.79 Å². The molecule has 17 heavy (non-hydrogen) atoms. The van der Waals surface area contributed by atoms with Gasteiger partial charge in [0, 0.05) is 6.42 Å². The summed E-state index contributed by atoms with van der Waals surface area (Å²) in [6.45, 7) is 5.94. The quantitative estimate of drug-likeness (QED) is 0.739. The van der Waals surface area contributed by atoms with Crippen LogP contribution in [0.25, 0.3) is 0 Å². The second-order valence-corrected chi connectivity index (χ2v) is 4.75. The van der Waals surface area contributed by atoms with E-state index in [4.69, 9.17) is 0 Å². The number of aromatic nitrogens is 2. The molecule has 2 heterocycles. The van der Waals surface area contributed by atoms with E-state index < -0.39 is 0 Å². The minimum atomic E-state index is 0.0875. The molecule has 0 spiro atoms. The number of hydrogen-bond acceptors (Lipinski definition) is 3. The van der Waals surface area contributed by atoms with Crippen LogP contribution in [0.3, 0.4) is 0 Å². The van der Waals surface area contributed by atoms with Crippen LogP contribution in [0, 0.1) is 19.8 Å². The number of H-pyrrole nitrogens is 1. The van der Waals surface area contributed by atoms with E-state index in [1.165, 1.54) is 6.42 Å². The van der Waals surface area contributed by atoms with E-state index in [9.17, 15) is 4.79 Å². The van der Waals surface area contributed by atoms with Gasteiger partial charge in [-0.25, -0.2) is 0 Å². The van der Waals surface area contributed by atoms with Crippen LogP contribution in [-0.4, -0.2) is 29.2 Å². The normalized spacial score (nSPS) is 19.5. The molecule has 0 aromatic carbocycles. The monoisotopic (exact) mass is 236 g/mol. The van der Waals surface area contributed by atoms with Gasteiger partial charge in [0.05, 0.1) is 17.1 Å². The first-order valence-corrected chi connectivity index (χ1v) is 6.19. The standard InChI is InChI=1S/C12H20N4O/c1-8-12(9(2)16-15-8)14-11(17)4-3-10-5-6-13-7-10/h10,13H,3-7H2,1-2H3,(H,14,17)(H,15,16). The minimum absolute atomic E-state index is 0.0875. The number of carbonyl (C=O) groups is 1. The van der Waals surface area contributed by atoms with Crippen LogP contribution in [0.15, 0.2) is 0 Å². The lowest BCUT2D eigenvalue weighted by molar-refractivity contribution is -0.116. The van der Waals surface area contributed by atoms with E-state index in [-0.39, 0.29) is 5.91 Å². The fraction of sp³-hybridized carbons (Fsp3) is 0.667. The molecule has 94 valence electrons. The van der Waals surface area contributed by atoms with Crippen LogP contribution in [0.4, 0.5) is 5.69 Å². The third-order valence-electron chi connectivity index (χ3n) is 3.33. The lowest BCUT2D eigenvalue weighted by Gasteiger charge is -2.08. The number of aryl methyl sites for hydroxylation is 2. The second kappa shape index (κ2) is 5.31. The van der Waals surface area contributed by atoms with E-state index >= 15 is 0 Å². The number of nitrogens with zero attached hydrogens (tertiary/aromatic N) is 1. The maximum atomic E-state index is 11.8. The summed E-state index contributed by atoms with van der Waals surface area (Å²) in [5.41, 5.74) is 2.59. The third-order valence-corrected chi connectivity index (χ3v) is 3.33. The molecule has 1 aromatic heterocycles. The molecule has 5 nitrogen and oxygen atoms in total. The van der Waals surface area contributed by atoms with Crippen LogP contribution in [0.1, 0.15) is 30.7 Å². The number of anilines is 1. The fourth-order valence-electron chi connectivity index (χ4n) is 2.23. The van der Waals surface area contributed by atoms with Gasteiger partial charge in [0.2, 0.25) is 5.91 Å². The Bertz CT molecular complexity index is 374. The molecule has 1 saturated heterocycles. The summed E-state index contributed by atoms with van der Waals surface area (Å²) in [5, 5.41) is 13.2. The first-order valence-electron chi connectivity index (χ1n) is 6.19. The molecule has 0 radical (unpaired) electrons. The Kier molecular flexibility index (Phi) is 3.78. The Morgan fingerprint density at radius 2 is 2.35 bits per heavy atom. The fourth-order valence-corrected chi connectivity index (χ4v) is 2.23. The molecule has 1 atom stereocenters. The average molecular weight is 236 g/mol. The maximum absolute atomic E-state index is 11.8. The number of carbonyl (C=O) groups excluding carboxylic acids is 1. The van der Waals surface area contributed by atoms with Crippen molar-refractivity contribution in [1.29, 1.82) is 0 Å². The van der Waals surface area contributed by atoms with Gasteiger partial charge < -0.3 is 10.6 Å². The van der Waals surface area contributed by atoms with Gasteiger partial charge in [0.1, 0.15) is 0 Å². The molecule has 1 aromatic rings. The van der Waals surface area contributed by atoms with Crippen molar-refractivity contribution in [2.75, 3.05) is 18.4 Å². The molecule has 0 bridgehead atoms. The topological polar surface area (TPSA) is 69.8 Å². The maximum Gasteiger partial charge on any atom is 0.224 e. The molecule has 2 rings (SSSR count). The zero-order chi connectivity index (χ0) is 12.3. The Morgan fingerprint density at radius 3 is 2.94 bits per heavy atom. The third kappa shape index (κ3) is 3.06. The van der Waals surface area contributed by atoms with Gasteiger partial charge in [-0.05, 0) is 45.7 Å². The lowest BCUT2D eigenvalue weighted by atomic mass is 10.0. The van der Waals surface area contributed by atoms with Gasteiger partial charge in [0.25, 0.3) is 0 Å². The van der Waals surface area contributed by atoms with Crippen LogP contribution in [0.5, 0.6) is 0 Å². The largest absolute Gasteiger partial charge is 0.323 e. The Morgan fingerprint density at radius 1 is 1.53 bits per heavy atom. The summed E-state index contributed by atoms with van der Waals surface area (Å²) in [4.78, 5) is 11.8. The summed E-state index contributed by atoms with van der Waals surface area (Å²) >= 11 is 0. The van der Waals surface area contributed by atoms with E-state index in [2.05, 4.69) is 20.8 Å². The van der Waals surface area contributed by atoms with Gasteiger partial charge >= 0.3 is 0 Å². The highest BCUT2D eigenvalue weighted by Crippen LogP contribution is 2.18. The van der Waals surface area contributed by atoms with Crippen molar-refractivity contribution in [2.24, 2.45) is 5.92 Å². The molecule has 0 saturated carbocycles. The predicted octanol–water partition coefficient (Wildman–Crippen LogP) is 1.35. The highest BCUT2D eigenvalue weighted by atomic mass is 16.1. The van der Waals surface area contributed by atoms with Gasteiger partial charge in [0.15, 0.2) is 0 Å². The Labute approximate surface area is 101 Å². The molecule has 1 fully saturated rings. The zero-order valence-electron chi connectivity index (χ0n) is 10.5. The lowest BCUT2D eigenvalue weighted by Crippen LogP contribution is -2.15. The summed E-state index contributed by atoms with van der Waals surface area (Å²) in [6.07, 6.45) is 2.75. The highest BCUT2D eigenvalue weighted by molar-refractivity contribution is 5.91. The van der Waals surface area contributed by atoms with Gasteiger partial charge in [-0.3, -0.25) is 9.89 Å². The summed E-state index contributed by atoms with van der Waals surface area (Å²) < 4.78 is 0. The van der Waals surface area contributed by atoms with Crippen molar-refractivity contribution in [1.82, 2.24) is 15.5 Å². The number of rotatable bonds is 4. The van der Waals surface area contributed by atoms with Crippen LogP contribution < -0.4 is 10.6 Å². The molecule has 5 heteroatoms. The van der Waals surface area contributed by atoms with E-state index in [0.717, 1.165) is 36.6 Å². The number of aromatic amines is 1. The Hall–Kier alpha value is -1.36. The SMILES string of the molecule is Cc1n[nH]c(C)c1NC(=O)CCC1CCNC1. The number of nitrogens with one attached hydrogen (secondary N) is 3. The average Bonchev–Trinajstić information content (AvgIpc) is 2.91. The second-order valence-electron chi connectivity index (χ2n) is 4.75. The summed E-state index contributed by atoms with van der Waals surface area (Å²) in [5.74, 6) is 0.747. The summed E-state index contributed by atoms with van der Waals surface area (Å²) in [6, 6.07) is 0. The molecular formula is C12H20N4O. The molecule has 1 aliphatic rings. The number of amides is 1. The van der Waals surface area contributed by atoms with Crippen molar-refractivity contribution in [3.8, 4) is 0 Å². The van der Waals surface area contributed by atoms with Gasteiger partial charge in [-0.1, -0.05) is 0 Å². The minimum Gasteiger partial charge on any atom is -0.323 e. The molecule has 1 unspecified atom stereocenters. The van der Waals surface area contributed by atoms with Crippen molar-refractivity contribution in [3.05, 3.63) is 11.4 Å². The van der Waals surface area contributed by atoms with E-state index in [1.807, 2.05) is 13.8 Å².